The van der Waals surface area contributed by atoms with Crippen molar-refractivity contribution in [3.05, 3.63) is 11.7 Å². The smallest absolute Gasteiger partial charge is 0.246 e. The Balaban J connectivity index is 1.69. The van der Waals surface area contributed by atoms with Crippen LogP contribution in [0.25, 0.3) is 0 Å². The van der Waals surface area contributed by atoms with Crippen LogP contribution in [0.2, 0.25) is 0 Å². The zero-order chi connectivity index (χ0) is 11.7. The molecule has 1 saturated carbocycles. The van der Waals surface area contributed by atoms with Crippen LogP contribution in [0, 0.1) is 5.92 Å². The average Bonchev–Trinajstić information content (AvgIpc) is 2.98. The number of hydrogen-bond donors (Lipinski definition) is 1. The Bertz CT molecular complexity index is 354. The van der Waals surface area contributed by atoms with Crippen LogP contribution in [0.15, 0.2) is 4.52 Å². The molecule has 2 fully saturated rings. The summed E-state index contributed by atoms with van der Waals surface area (Å²) in [5, 5.41) is 7.45. The molecule has 2 heterocycles. The number of ether oxygens (including phenoxy) is 1. The third-order valence-corrected chi connectivity index (χ3v) is 3.74. The third-order valence-electron chi connectivity index (χ3n) is 3.74. The van der Waals surface area contributed by atoms with Crippen LogP contribution >= 0.6 is 0 Å². The van der Waals surface area contributed by atoms with Gasteiger partial charge in [0.25, 0.3) is 0 Å². The highest BCUT2D eigenvalue weighted by atomic mass is 16.5. The number of hydrogen-bond acceptors (Lipinski definition) is 5. The summed E-state index contributed by atoms with van der Waals surface area (Å²) in [4.78, 5) is 4.53. The molecule has 3 rings (SSSR count). The maximum atomic E-state index is 5.40. The first-order valence-corrected chi connectivity index (χ1v) is 6.47. The van der Waals surface area contributed by atoms with E-state index in [9.17, 15) is 0 Å². The molecule has 0 amide bonds. The predicted molar refractivity (Wildman–Crippen MR) is 61.6 cm³/mol. The van der Waals surface area contributed by atoms with Gasteiger partial charge in [0.15, 0.2) is 5.82 Å². The van der Waals surface area contributed by atoms with Gasteiger partial charge in [-0.05, 0) is 25.2 Å². The Morgan fingerprint density at radius 2 is 2.29 bits per heavy atom. The number of nitrogens with zero attached hydrogens (tertiary/aromatic N) is 2. The van der Waals surface area contributed by atoms with Gasteiger partial charge in [-0.3, -0.25) is 0 Å². The van der Waals surface area contributed by atoms with Gasteiger partial charge >= 0.3 is 0 Å². The molecule has 1 N–H and O–H groups in total. The largest absolute Gasteiger partial charge is 0.378 e. The van der Waals surface area contributed by atoms with Crippen molar-refractivity contribution in [3.8, 4) is 0 Å². The molecule has 1 saturated heterocycles. The van der Waals surface area contributed by atoms with Gasteiger partial charge in [0.1, 0.15) is 6.04 Å². The predicted octanol–water partition coefficient (Wildman–Crippen LogP) is 1.63. The molecule has 0 bridgehead atoms. The summed E-state index contributed by atoms with van der Waals surface area (Å²) in [6.45, 7) is 4.53. The molecule has 94 valence electrons. The molecule has 2 aliphatic rings. The first-order chi connectivity index (χ1) is 8.33. The second-order valence-corrected chi connectivity index (χ2v) is 5.19. The Morgan fingerprint density at radius 1 is 1.35 bits per heavy atom. The molecule has 5 heteroatoms. The van der Waals surface area contributed by atoms with E-state index in [0.717, 1.165) is 24.9 Å². The van der Waals surface area contributed by atoms with Crippen LogP contribution in [0.3, 0.4) is 0 Å². The van der Waals surface area contributed by atoms with Gasteiger partial charge in [0.05, 0.1) is 13.2 Å². The molecule has 3 atom stereocenters. The fourth-order valence-corrected chi connectivity index (χ4v) is 2.72. The second kappa shape index (κ2) is 4.74. The lowest BCUT2D eigenvalue weighted by molar-refractivity contribution is 0.0659. The lowest BCUT2D eigenvalue weighted by Crippen LogP contribution is -2.34. The summed E-state index contributed by atoms with van der Waals surface area (Å²) in [5.74, 6) is 2.85. The van der Waals surface area contributed by atoms with Gasteiger partial charge in [0.2, 0.25) is 5.89 Å². The first-order valence-electron chi connectivity index (χ1n) is 6.47. The fourth-order valence-electron chi connectivity index (χ4n) is 2.72. The highest BCUT2D eigenvalue weighted by molar-refractivity contribution is 5.01. The minimum atomic E-state index is 0.0730. The maximum Gasteiger partial charge on any atom is 0.246 e. The van der Waals surface area contributed by atoms with Crippen molar-refractivity contribution >= 4 is 0 Å². The lowest BCUT2D eigenvalue weighted by Gasteiger charge is -2.20. The van der Waals surface area contributed by atoms with E-state index in [2.05, 4.69) is 22.4 Å². The van der Waals surface area contributed by atoms with E-state index in [1.807, 2.05) is 0 Å². The van der Waals surface area contributed by atoms with E-state index in [4.69, 9.17) is 9.26 Å². The lowest BCUT2D eigenvalue weighted by atomic mass is 10.1. The van der Waals surface area contributed by atoms with E-state index in [1.165, 1.54) is 19.3 Å². The number of aromatic nitrogens is 2. The van der Waals surface area contributed by atoms with E-state index in [0.29, 0.717) is 18.4 Å². The normalized spacial score (nSPS) is 34.1. The van der Waals surface area contributed by atoms with Crippen LogP contribution in [0.1, 0.15) is 49.9 Å². The van der Waals surface area contributed by atoms with E-state index in [-0.39, 0.29) is 6.04 Å². The highest BCUT2D eigenvalue weighted by Crippen LogP contribution is 2.36. The van der Waals surface area contributed by atoms with Gasteiger partial charge in [-0.2, -0.15) is 4.98 Å². The molecular formula is C12H19N3O2. The standard InChI is InChI=1S/C12H19N3O2/c1-8-2-3-9(6-8)11-14-12(17-15-11)10-7-16-5-4-13-10/h8-10,13H,2-7H2,1H3. The quantitative estimate of drug-likeness (QED) is 0.847. The zero-order valence-corrected chi connectivity index (χ0v) is 10.2. The summed E-state index contributed by atoms with van der Waals surface area (Å²) in [6.07, 6.45) is 3.65. The van der Waals surface area contributed by atoms with Crippen molar-refractivity contribution in [2.45, 2.75) is 38.1 Å². The first kappa shape index (κ1) is 11.2. The van der Waals surface area contributed by atoms with Gasteiger partial charge in [0, 0.05) is 12.5 Å². The van der Waals surface area contributed by atoms with Gasteiger partial charge in [-0.15, -0.1) is 0 Å². The Morgan fingerprint density at radius 3 is 3.00 bits per heavy atom. The maximum absolute atomic E-state index is 5.40. The number of nitrogens with one attached hydrogen (secondary N) is 1. The van der Waals surface area contributed by atoms with Crippen LogP contribution in [-0.4, -0.2) is 29.9 Å². The zero-order valence-electron chi connectivity index (χ0n) is 10.2. The van der Waals surface area contributed by atoms with E-state index >= 15 is 0 Å². The monoisotopic (exact) mass is 237 g/mol. The molecular weight excluding hydrogens is 218 g/mol. The van der Waals surface area contributed by atoms with E-state index in [1.54, 1.807) is 0 Å². The van der Waals surface area contributed by atoms with Gasteiger partial charge in [-0.25, -0.2) is 0 Å². The summed E-state index contributed by atoms with van der Waals surface area (Å²) >= 11 is 0. The fraction of sp³-hybridized carbons (Fsp3) is 0.833. The number of morpholine rings is 1. The molecule has 3 unspecified atom stereocenters. The average molecular weight is 237 g/mol. The summed E-state index contributed by atoms with van der Waals surface area (Å²) in [6, 6.07) is 0.0730. The molecule has 1 aromatic heterocycles. The van der Waals surface area contributed by atoms with Crippen LogP contribution < -0.4 is 5.32 Å². The second-order valence-electron chi connectivity index (χ2n) is 5.19. The summed E-state index contributed by atoms with van der Waals surface area (Å²) < 4.78 is 10.7. The van der Waals surface area contributed by atoms with Crippen molar-refractivity contribution in [1.82, 2.24) is 15.5 Å². The minimum Gasteiger partial charge on any atom is -0.378 e. The Hall–Kier alpha value is -0.940. The SMILES string of the molecule is CC1CCC(c2noc(C3COCCN3)n2)C1. The molecule has 1 aliphatic heterocycles. The van der Waals surface area contributed by atoms with Crippen LogP contribution in [0.5, 0.6) is 0 Å². The summed E-state index contributed by atoms with van der Waals surface area (Å²) in [5.41, 5.74) is 0. The molecule has 1 aliphatic carbocycles. The molecule has 0 radical (unpaired) electrons. The highest BCUT2D eigenvalue weighted by Gasteiger charge is 2.28. The molecule has 0 spiro atoms. The van der Waals surface area contributed by atoms with Crippen molar-refractivity contribution in [3.63, 3.8) is 0 Å². The van der Waals surface area contributed by atoms with Crippen molar-refractivity contribution < 1.29 is 9.26 Å². The summed E-state index contributed by atoms with van der Waals surface area (Å²) in [7, 11) is 0. The molecule has 1 aromatic rings. The Kier molecular flexibility index (Phi) is 3.11. The van der Waals surface area contributed by atoms with E-state index < -0.39 is 0 Å². The van der Waals surface area contributed by atoms with Crippen molar-refractivity contribution in [2.24, 2.45) is 5.92 Å². The number of rotatable bonds is 2. The van der Waals surface area contributed by atoms with Gasteiger partial charge < -0.3 is 14.6 Å². The molecule has 0 aromatic carbocycles. The third kappa shape index (κ3) is 2.35. The topological polar surface area (TPSA) is 60.2 Å². The van der Waals surface area contributed by atoms with Crippen LogP contribution in [-0.2, 0) is 4.74 Å². The van der Waals surface area contributed by atoms with Crippen molar-refractivity contribution in [1.29, 1.82) is 0 Å². The Labute approximate surface area is 101 Å². The van der Waals surface area contributed by atoms with Crippen LogP contribution in [0.4, 0.5) is 0 Å². The van der Waals surface area contributed by atoms with Gasteiger partial charge in [-0.1, -0.05) is 12.1 Å². The minimum absolute atomic E-state index is 0.0730. The molecule has 17 heavy (non-hydrogen) atoms. The molecule has 5 nitrogen and oxygen atoms in total. The van der Waals surface area contributed by atoms with Crippen molar-refractivity contribution in [2.75, 3.05) is 19.8 Å².